The van der Waals surface area contributed by atoms with Gasteiger partial charge in [-0.25, -0.2) is 13.1 Å². The summed E-state index contributed by atoms with van der Waals surface area (Å²) in [6.45, 7) is 1.75. The SMILES string of the molecule is C[C@H](CN)NS(=O)(=O)c1cccc([N+](=O)[O-])c1.Cl. The molecule has 0 saturated heterocycles. The largest absolute Gasteiger partial charge is 0.329 e. The van der Waals surface area contributed by atoms with Crippen molar-refractivity contribution >= 4 is 28.1 Å². The molecule has 0 aliphatic carbocycles. The molecule has 9 heteroatoms. The van der Waals surface area contributed by atoms with Crippen LogP contribution >= 0.6 is 12.4 Å². The monoisotopic (exact) mass is 295 g/mol. The lowest BCUT2D eigenvalue weighted by Crippen LogP contribution is -2.37. The molecule has 1 aromatic rings. The molecule has 0 heterocycles. The van der Waals surface area contributed by atoms with E-state index in [1.54, 1.807) is 6.92 Å². The van der Waals surface area contributed by atoms with Gasteiger partial charge in [-0.05, 0) is 13.0 Å². The number of nitrogens with one attached hydrogen (secondary N) is 1. The molecule has 18 heavy (non-hydrogen) atoms. The molecule has 0 saturated carbocycles. The smallest absolute Gasteiger partial charge is 0.270 e. The van der Waals surface area contributed by atoms with E-state index < -0.39 is 21.0 Å². The van der Waals surface area contributed by atoms with Gasteiger partial charge in [0.25, 0.3) is 5.69 Å². The summed E-state index contributed by atoms with van der Waals surface area (Å²) in [6.07, 6.45) is 0. The first-order valence-electron chi connectivity index (χ1n) is 4.83. The summed E-state index contributed by atoms with van der Waals surface area (Å²) in [6, 6.07) is 4.41. The number of rotatable bonds is 5. The minimum Gasteiger partial charge on any atom is -0.329 e. The summed E-state index contributed by atoms with van der Waals surface area (Å²) in [5.74, 6) is 0. The number of hydrogen-bond acceptors (Lipinski definition) is 5. The fourth-order valence-electron chi connectivity index (χ4n) is 1.15. The van der Waals surface area contributed by atoms with E-state index in [0.717, 1.165) is 6.07 Å². The quantitative estimate of drug-likeness (QED) is 0.611. The van der Waals surface area contributed by atoms with Crippen LogP contribution in [0.25, 0.3) is 0 Å². The molecular formula is C9H14ClN3O4S. The van der Waals surface area contributed by atoms with Crippen molar-refractivity contribution in [2.75, 3.05) is 6.54 Å². The van der Waals surface area contributed by atoms with Gasteiger partial charge in [0.15, 0.2) is 0 Å². The molecule has 0 aliphatic rings. The van der Waals surface area contributed by atoms with Gasteiger partial charge in [0, 0.05) is 24.7 Å². The zero-order valence-corrected chi connectivity index (χ0v) is 11.2. The Hall–Kier alpha value is -1.22. The Labute approximate surface area is 111 Å². The molecule has 0 unspecified atom stereocenters. The fraction of sp³-hybridized carbons (Fsp3) is 0.333. The molecule has 0 bridgehead atoms. The molecule has 0 radical (unpaired) electrons. The summed E-state index contributed by atoms with van der Waals surface area (Å²) < 4.78 is 25.9. The first kappa shape index (κ1) is 16.8. The summed E-state index contributed by atoms with van der Waals surface area (Å²) in [7, 11) is -3.76. The van der Waals surface area contributed by atoms with Gasteiger partial charge in [-0.3, -0.25) is 10.1 Å². The van der Waals surface area contributed by atoms with Crippen LogP contribution in [0.3, 0.4) is 0 Å². The summed E-state index contributed by atoms with van der Waals surface area (Å²) >= 11 is 0. The van der Waals surface area contributed by atoms with Crippen molar-refractivity contribution in [3.63, 3.8) is 0 Å². The highest BCUT2D eigenvalue weighted by Gasteiger charge is 2.19. The average Bonchev–Trinajstić information content (AvgIpc) is 2.28. The second kappa shape index (κ2) is 6.64. The normalized spacial score (nSPS) is 12.6. The van der Waals surface area contributed by atoms with Crippen molar-refractivity contribution in [1.29, 1.82) is 0 Å². The Bertz CT molecular complexity index is 520. The summed E-state index contributed by atoms with van der Waals surface area (Å²) in [5, 5.41) is 10.5. The van der Waals surface area contributed by atoms with Gasteiger partial charge >= 0.3 is 0 Å². The van der Waals surface area contributed by atoms with Gasteiger partial charge in [0.1, 0.15) is 0 Å². The van der Waals surface area contributed by atoms with E-state index in [-0.39, 0.29) is 29.5 Å². The van der Waals surface area contributed by atoms with Crippen molar-refractivity contribution in [2.24, 2.45) is 5.73 Å². The number of non-ortho nitro benzene ring substituents is 1. The first-order chi connectivity index (χ1) is 7.86. The van der Waals surface area contributed by atoms with E-state index in [1.807, 2.05) is 0 Å². The van der Waals surface area contributed by atoms with E-state index in [9.17, 15) is 18.5 Å². The van der Waals surface area contributed by atoms with Gasteiger partial charge in [-0.1, -0.05) is 6.07 Å². The third-order valence-electron chi connectivity index (χ3n) is 2.05. The van der Waals surface area contributed by atoms with Crippen molar-refractivity contribution in [1.82, 2.24) is 4.72 Å². The average molecular weight is 296 g/mol. The second-order valence-corrected chi connectivity index (χ2v) is 5.23. The number of nitro benzene ring substituents is 1. The van der Waals surface area contributed by atoms with Gasteiger partial charge in [-0.15, -0.1) is 12.4 Å². The molecule has 1 atom stereocenters. The van der Waals surface area contributed by atoms with Crippen LogP contribution in [0, 0.1) is 10.1 Å². The van der Waals surface area contributed by atoms with E-state index in [4.69, 9.17) is 5.73 Å². The third-order valence-corrected chi connectivity index (χ3v) is 3.64. The summed E-state index contributed by atoms with van der Waals surface area (Å²) in [5.41, 5.74) is 5.03. The molecule has 3 N–H and O–H groups in total. The zero-order valence-electron chi connectivity index (χ0n) is 9.57. The molecule has 102 valence electrons. The third kappa shape index (κ3) is 4.22. The number of nitro groups is 1. The van der Waals surface area contributed by atoms with Crippen molar-refractivity contribution < 1.29 is 13.3 Å². The molecule has 0 spiro atoms. The van der Waals surface area contributed by atoms with Crippen LogP contribution in [0.2, 0.25) is 0 Å². The molecule has 1 rings (SSSR count). The lowest BCUT2D eigenvalue weighted by atomic mass is 10.3. The predicted molar refractivity (Wildman–Crippen MR) is 69.2 cm³/mol. The van der Waals surface area contributed by atoms with Crippen LogP contribution in [-0.4, -0.2) is 25.9 Å². The van der Waals surface area contributed by atoms with Crippen LogP contribution in [0.4, 0.5) is 5.69 Å². The maximum atomic E-state index is 11.8. The number of hydrogen-bond donors (Lipinski definition) is 2. The zero-order chi connectivity index (χ0) is 13.1. The van der Waals surface area contributed by atoms with Crippen molar-refractivity contribution in [2.45, 2.75) is 17.9 Å². The highest BCUT2D eigenvalue weighted by molar-refractivity contribution is 7.89. The molecular weight excluding hydrogens is 282 g/mol. The van der Waals surface area contributed by atoms with E-state index >= 15 is 0 Å². The van der Waals surface area contributed by atoms with E-state index in [0.29, 0.717) is 0 Å². The minimum atomic E-state index is -3.76. The van der Waals surface area contributed by atoms with Gasteiger partial charge < -0.3 is 5.73 Å². The number of benzene rings is 1. The van der Waals surface area contributed by atoms with Crippen LogP contribution in [0.5, 0.6) is 0 Å². The second-order valence-electron chi connectivity index (χ2n) is 3.51. The molecule has 0 aliphatic heterocycles. The van der Waals surface area contributed by atoms with Crippen molar-refractivity contribution in [3.8, 4) is 0 Å². The van der Waals surface area contributed by atoms with Gasteiger partial charge in [-0.2, -0.15) is 0 Å². The maximum absolute atomic E-state index is 11.8. The first-order valence-corrected chi connectivity index (χ1v) is 6.32. The lowest BCUT2D eigenvalue weighted by Gasteiger charge is -2.11. The molecule has 7 nitrogen and oxygen atoms in total. The highest BCUT2D eigenvalue weighted by atomic mass is 35.5. The lowest BCUT2D eigenvalue weighted by molar-refractivity contribution is -0.385. The molecule has 0 fully saturated rings. The Morgan fingerprint density at radius 1 is 1.50 bits per heavy atom. The van der Waals surface area contributed by atoms with Crippen LogP contribution < -0.4 is 10.5 Å². The Morgan fingerprint density at radius 2 is 2.11 bits per heavy atom. The van der Waals surface area contributed by atoms with Gasteiger partial charge in [0.05, 0.1) is 9.82 Å². The minimum absolute atomic E-state index is 0. The van der Waals surface area contributed by atoms with Crippen LogP contribution in [-0.2, 0) is 10.0 Å². The van der Waals surface area contributed by atoms with Crippen LogP contribution in [0.15, 0.2) is 29.2 Å². The Morgan fingerprint density at radius 3 is 2.61 bits per heavy atom. The number of halogens is 1. The highest BCUT2D eigenvalue weighted by Crippen LogP contribution is 2.17. The molecule has 1 aromatic carbocycles. The van der Waals surface area contributed by atoms with E-state index in [1.165, 1.54) is 18.2 Å². The Balaban J connectivity index is 0.00000289. The Kier molecular flexibility index (Phi) is 6.19. The van der Waals surface area contributed by atoms with E-state index in [2.05, 4.69) is 4.72 Å². The fourth-order valence-corrected chi connectivity index (χ4v) is 2.44. The number of nitrogens with zero attached hydrogens (tertiary/aromatic N) is 1. The predicted octanol–water partition coefficient (Wildman–Crippen LogP) is 0.642. The van der Waals surface area contributed by atoms with Crippen molar-refractivity contribution in [3.05, 3.63) is 34.4 Å². The molecule has 0 amide bonds. The maximum Gasteiger partial charge on any atom is 0.270 e. The molecule has 0 aromatic heterocycles. The standard InChI is InChI=1S/C9H13N3O4S.ClH/c1-7(6-10)11-17(15,16)9-4-2-3-8(5-9)12(13)14;/h2-5,7,11H,6,10H2,1H3;1H/t7-;/m1./s1. The number of nitrogens with two attached hydrogens (primary N) is 1. The topological polar surface area (TPSA) is 115 Å². The van der Waals surface area contributed by atoms with Crippen LogP contribution in [0.1, 0.15) is 6.92 Å². The summed E-state index contributed by atoms with van der Waals surface area (Å²) in [4.78, 5) is 9.74. The van der Waals surface area contributed by atoms with Gasteiger partial charge in [0.2, 0.25) is 10.0 Å². The number of sulfonamides is 1.